The van der Waals surface area contributed by atoms with E-state index >= 15 is 4.79 Å². The molecule has 3 heterocycles. The van der Waals surface area contributed by atoms with Crippen molar-refractivity contribution in [2.75, 3.05) is 20.4 Å². The van der Waals surface area contributed by atoms with Gasteiger partial charge in [-0.2, -0.15) is 0 Å². The van der Waals surface area contributed by atoms with Crippen molar-refractivity contribution in [2.45, 2.75) is 69.4 Å². The quantitative estimate of drug-likeness (QED) is 0.340. The summed E-state index contributed by atoms with van der Waals surface area (Å²) in [6, 6.07) is 19.8. The number of hydrogen-bond acceptors (Lipinski definition) is 9. The Labute approximate surface area is 279 Å². The van der Waals surface area contributed by atoms with Gasteiger partial charge in [-0.05, 0) is 43.0 Å². The molecule has 11 heteroatoms. The first-order valence-electron chi connectivity index (χ1n) is 16.5. The Kier molecular flexibility index (Phi) is 7.98. The minimum Gasteiger partial charge on any atom is -0.497 e. The van der Waals surface area contributed by atoms with E-state index in [1.807, 2.05) is 56.3 Å². The van der Waals surface area contributed by atoms with E-state index in [0.29, 0.717) is 54.2 Å². The predicted octanol–water partition coefficient (Wildman–Crippen LogP) is 4.36. The Hall–Kier alpha value is -4.77. The molecular formula is C37H40N2O9. The smallest absolute Gasteiger partial charge is 0.303 e. The number of rotatable bonds is 8. The van der Waals surface area contributed by atoms with E-state index in [9.17, 15) is 14.7 Å². The summed E-state index contributed by atoms with van der Waals surface area (Å²) in [5.74, 6) is -1.83. The molecule has 2 fully saturated rings. The molecule has 1 aliphatic carbocycles. The molecule has 3 aromatic carbocycles. The summed E-state index contributed by atoms with van der Waals surface area (Å²) in [6.07, 6.45) is -0.0535. The van der Waals surface area contributed by atoms with Crippen LogP contribution >= 0.6 is 0 Å². The first-order chi connectivity index (χ1) is 23.1. The predicted molar refractivity (Wildman–Crippen MR) is 172 cm³/mol. The van der Waals surface area contributed by atoms with E-state index in [1.165, 1.54) is 6.92 Å². The molecule has 0 unspecified atom stereocenters. The number of amides is 2. The molecular weight excluding hydrogens is 616 g/mol. The number of carbonyl (C=O) groups is 3. The minimum atomic E-state index is -2.11. The van der Waals surface area contributed by atoms with Gasteiger partial charge < -0.3 is 39.0 Å². The van der Waals surface area contributed by atoms with Crippen LogP contribution in [0.1, 0.15) is 62.6 Å². The molecule has 2 N–H and O–H groups in total. The Bertz CT molecular complexity index is 1730. The van der Waals surface area contributed by atoms with Crippen LogP contribution in [0, 0.1) is 11.8 Å². The Balaban J connectivity index is 1.48. The molecule has 3 aromatic rings. The molecule has 0 radical (unpaired) electrons. The highest BCUT2D eigenvalue weighted by Crippen LogP contribution is 2.68. The highest BCUT2D eigenvalue weighted by atomic mass is 16.7. The maximum absolute atomic E-state index is 15.3. The number of aliphatic hydroxyl groups is 1. The highest BCUT2D eigenvalue weighted by Gasteiger charge is 2.78. The number of methoxy groups -OCH3 is 1. The third kappa shape index (κ3) is 4.77. The third-order valence-corrected chi connectivity index (χ3v) is 10.4. The number of fused-ring (bicyclic) bond motifs is 5. The first kappa shape index (κ1) is 31.8. The molecule has 2 bridgehead atoms. The first-order valence-corrected chi connectivity index (χ1v) is 16.5. The van der Waals surface area contributed by atoms with Crippen molar-refractivity contribution in [1.82, 2.24) is 10.2 Å². The van der Waals surface area contributed by atoms with Gasteiger partial charge in [-0.15, -0.1) is 0 Å². The van der Waals surface area contributed by atoms with Gasteiger partial charge in [0.2, 0.25) is 18.6 Å². The van der Waals surface area contributed by atoms with Gasteiger partial charge in [-0.1, -0.05) is 56.3 Å². The summed E-state index contributed by atoms with van der Waals surface area (Å²) in [7, 11) is 1.56. The summed E-state index contributed by atoms with van der Waals surface area (Å²) in [5, 5.41) is 16.5. The monoisotopic (exact) mass is 656 g/mol. The van der Waals surface area contributed by atoms with Gasteiger partial charge in [0.05, 0.1) is 13.0 Å². The molecule has 7 atom stereocenters. The lowest BCUT2D eigenvalue weighted by Crippen LogP contribution is -2.57. The van der Waals surface area contributed by atoms with E-state index in [-0.39, 0.29) is 35.8 Å². The topological polar surface area (TPSA) is 133 Å². The van der Waals surface area contributed by atoms with E-state index in [0.717, 1.165) is 0 Å². The summed E-state index contributed by atoms with van der Waals surface area (Å²) in [5.41, 5.74) is -2.18. The summed E-state index contributed by atoms with van der Waals surface area (Å²) < 4.78 is 30.1. The maximum atomic E-state index is 15.3. The standard InChI is InChI=1S/C37H40N2O9/c1-5-21(2)33(41)38-30-12-9-17-39(30)34(42)32-31(23-10-7-6-8-11-23)37(24-13-15-25(44-4)16-14-24)35(47-22(3)40)36(32,43)26-18-28-29(46-20-45-28)19-27(26)48-37/h6-8,10-11,13-16,18-19,21,30-32,35,43H,5,9,12,17,20H2,1-4H3,(H,38,41)/t21-,30-,31+,32-,35-,36+,37+/m1/s1. The van der Waals surface area contributed by atoms with Gasteiger partial charge in [0.25, 0.3) is 0 Å². The second-order valence-electron chi connectivity index (χ2n) is 13.0. The average molecular weight is 657 g/mol. The van der Waals surface area contributed by atoms with Crippen LogP contribution in [-0.2, 0) is 30.3 Å². The van der Waals surface area contributed by atoms with Crippen LogP contribution in [0.2, 0.25) is 0 Å². The van der Waals surface area contributed by atoms with Crippen LogP contribution in [-0.4, -0.2) is 60.5 Å². The normalized spacial score (nSPS) is 28.6. The zero-order chi connectivity index (χ0) is 33.8. The lowest BCUT2D eigenvalue weighted by Gasteiger charge is -2.46. The van der Waals surface area contributed by atoms with Crippen molar-refractivity contribution in [3.8, 4) is 23.0 Å². The van der Waals surface area contributed by atoms with E-state index in [4.69, 9.17) is 23.7 Å². The number of benzene rings is 3. The lowest BCUT2D eigenvalue weighted by atomic mass is 9.75. The summed E-state index contributed by atoms with van der Waals surface area (Å²) in [4.78, 5) is 43.0. The number of esters is 1. The average Bonchev–Trinajstić information content (AvgIpc) is 3.79. The second kappa shape index (κ2) is 12.0. The largest absolute Gasteiger partial charge is 0.497 e. The molecule has 2 amide bonds. The number of carbonyl (C=O) groups excluding carboxylic acids is 3. The molecule has 0 spiro atoms. The fourth-order valence-electron chi connectivity index (χ4n) is 7.95. The van der Waals surface area contributed by atoms with Crippen molar-refractivity contribution in [3.63, 3.8) is 0 Å². The van der Waals surface area contributed by atoms with Crippen LogP contribution in [0.15, 0.2) is 66.7 Å². The molecule has 1 saturated carbocycles. The van der Waals surface area contributed by atoms with Gasteiger partial charge in [-0.25, -0.2) is 0 Å². The van der Waals surface area contributed by atoms with Gasteiger partial charge in [0, 0.05) is 42.5 Å². The Morgan fingerprint density at radius 1 is 1.04 bits per heavy atom. The molecule has 4 aliphatic rings. The number of nitrogens with one attached hydrogen (secondary N) is 1. The van der Waals surface area contributed by atoms with Gasteiger partial charge in [-0.3, -0.25) is 14.4 Å². The van der Waals surface area contributed by atoms with Crippen LogP contribution in [0.4, 0.5) is 0 Å². The molecule has 3 aliphatic heterocycles. The zero-order valence-corrected chi connectivity index (χ0v) is 27.4. The van der Waals surface area contributed by atoms with Crippen LogP contribution < -0.4 is 24.3 Å². The van der Waals surface area contributed by atoms with Crippen molar-refractivity contribution in [1.29, 1.82) is 0 Å². The van der Waals surface area contributed by atoms with Crippen molar-refractivity contribution < 1.29 is 43.2 Å². The zero-order valence-electron chi connectivity index (χ0n) is 27.4. The van der Waals surface area contributed by atoms with Crippen molar-refractivity contribution >= 4 is 17.8 Å². The van der Waals surface area contributed by atoms with E-state index in [1.54, 1.807) is 36.3 Å². The Morgan fingerprint density at radius 2 is 1.75 bits per heavy atom. The Morgan fingerprint density at radius 3 is 2.42 bits per heavy atom. The number of nitrogens with zero attached hydrogens (tertiary/aromatic N) is 1. The molecule has 252 valence electrons. The van der Waals surface area contributed by atoms with E-state index in [2.05, 4.69) is 5.32 Å². The number of likely N-dealkylation sites (tertiary alicyclic amines) is 1. The second-order valence-corrected chi connectivity index (χ2v) is 13.0. The van der Waals surface area contributed by atoms with E-state index < -0.39 is 41.3 Å². The lowest BCUT2D eigenvalue weighted by molar-refractivity contribution is -0.195. The SMILES string of the molecule is CC[C@@H](C)C(=O)N[C@H]1CCCN1C(=O)[C@H]1[C@H](c2ccccc2)[C@]2(c3ccc(OC)cc3)Oc3cc4c(cc3[C@@]1(O)[C@H]2OC(C)=O)OCO4. The molecule has 7 rings (SSSR count). The van der Waals surface area contributed by atoms with Crippen LogP contribution in [0.3, 0.4) is 0 Å². The number of hydrogen-bond donors (Lipinski definition) is 2. The van der Waals surface area contributed by atoms with Crippen LogP contribution in [0.25, 0.3) is 0 Å². The van der Waals surface area contributed by atoms with Crippen molar-refractivity contribution in [3.05, 3.63) is 83.4 Å². The molecule has 0 aromatic heterocycles. The van der Waals surface area contributed by atoms with Gasteiger partial charge in [0.1, 0.15) is 23.3 Å². The molecule has 11 nitrogen and oxygen atoms in total. The fraction of sp³-hybridized carbons (Fsp3) is 0.432. The van der Waals surface area contributed by atoms with Gasteiger partial charge in [0.15, 0.2) is 23.2 Å². The molecule has 48 heavy (non-hydrogen) atoms. The summed E-state index contributed by atoms with van der Waals surface area (Å²) >= 11 is 0. The third-order valence-electron chi connectivity index (χ3n) is 10.4. The fourth-order valence-corrected chi connectivity index (χ4v) is 7.95. The number of ether oxygens (including phenoxy) is 5. The minimum absolute atomic E-state index is 0.0199. The van der Waals surface area contributed by atoms with Gasteiger partial charge >= 0.3 is 5.97 Å². The van der Waals surface area contributed by atoms with Crippen LogP contribution in [0.5, 0.6) is 23.0 Å². The highest BCUT2D eigenvalue weighted by molar-refractivity contribution is 5.86. The molecule has 1 saturated heterocycles. The van der Waals surface area contributed by atoms with Crippen molar-refractivity contribution in [2.24, 2.45) is 11.8 Å². The maximum Gasteiger partial charge on any atom is 0.303 e. The summed E-state index contributed by atoms with van der Waals surface area (Å²) in [6.45, 7) is 5.42.